The number of imidazole rings is 1. The van der Waals surface area contributed by atoms with Gasteiger partial charge in [0, 0.05) is 24.0 Å². The molecule has 0 saturated heterocycles. The van der Waals surface area contributed by atoms with Gasteiger partial charge in [-0.15, -0.1) is 0 Å². The van der Waals surface area contributed by atoms with E-state index in [9.17, 15) is 5.11 Å². The number of aliphatic hydroxyl groups is 1. The van der Waals surface area contributed by atoms with Gasteiger partial charge in [-0.05, 0) is 39.2 Å². The zero-order chi connectivity index (χ0) is 12.3. The van der Waals surface area contributed by atoms with Crippen molar-refractivity contribution in [2.24, 2.45) is 0 Å². The molecule has 1 aliphatic rings. The Balaban J connectivity index is 2.14. The first-order valence-electron chi connectivity index (χ1n) is 6.56. The first kappa shape index (κ1) is 12.6. The van der Waals surface area contributed by atoms with Crippen molar-refractivity contribution in [3.63, 3.8) is 0 Å². The van der Waals surface area contributed by atoms with Gasteiger partial charge in [-0.2, -0.15) is 0 Å². The van der Waals surface area contributed by atoms with Crippen LogP contribution in [0.25, 0.3) is 0 Å². The quantitative estimate of drug-likeness (QED) is 0.837. The van der Waals surface area contributed by atoms with Gasteiger partial charge < -0.3 is 15.0 Å². The molecule has 2 atom stereocenters. The van der Waals surface area contributed by atoms with E-state index in [2.05, 4.69) is 28.0 Å². The Hall–Kier alpha value is -0.870. The SMILES string of the molecule is CCNC1(CO)CCCC(n2ccnc2C)C1. The van der Waals surface area contributed by atoms with Crippen molar-refractivity contribution >= 4 is 0 Å². The van der Waals surface area contributed by atoms with Crippen molar-refractivity contribution < 1.29 is 5.11 Å². The minimum atomic E-state index is -0.0889. The molecule has 0 aliphatic heterocycles. The van der Waals surface area contributed by atoms with Crippen LogP contribution in [0.1, 0.15) is 44.5 Å². The molecular weight excluding hydrogens is 214 g/mol. The van der Waals surface area contributed by atoms with Crippen LogP contribution >= 0.6 is 0 Å². The molecule has 4 heteroatoms. The van der Waals surface area contributed by atoms with Crippen LogP contribution in [0.5, 0.6) is 0 Å². The van der Waals surface area contributed by atoms with E-state index in [-0.39, 0.29) is 12.1 Å². The lowest BCUT2D eigenvalue weighted by molar-refractivity contribution is 0.0988. The predicted octanol–water partition coefficient (Wildman–Crippen LogP) is 1.65. The molecule has 96 valence electrons. The highest BCUT2D eigenvalue weighted by Crippen LogP contribution is 2.35. The summed E-state index contributed by atoms with van der Waals surface area (Å²) in [6.07, 6.45) is 8.33. The largest absolute Gasteiger partial charge is 0.394 e. The average molecular weight is 237 g/mol. The van der Waals surface area contributed by atoms with E-state index >= 15 is 0 Å². The molecule has 0 bridgehead atoms. The Morgan fingerprint density at radius 1 is 1.65 bits per heavy atom. The molecule has 4 nitrogen and oxygen atoms in total. The second-order valence-electron chi connectivity index (χ2n) is 5.10. The molecule has 2 rings (SSSR count). The van der Waals surface area contributed by atoms with Crippen LogP contribution in [0.15, 0.2) is 12.4 Å². The van der Waals surface area contributed by atoms with E-state index in [0.29, 0.717) is 6.04 Å². The molecule has 0 amide bonds. The van der Waals surface area contributed by atoms with Crippen molar-refractivity contribution in [1.29, 1.82) is 0 Å². The summed E-state index contributed by atoms with van der Waals surface area (Å²) in [4.78, 5) is 4.29. The Kier molecular flexibility index (Phi) is 3.84. The van der Waals surface area contributed by atoms with Crippen LogP contribution in [-0.2, 0) is 0 Å². The van der Waals surface area contributed by atoms with Crippen LogP contribution in [0, 0.1) is 6.92 Å². The summed E-state index contributed by atoms with van der Waals surface area (Å²) in [7, 11) is 0. The Bertz CT molecular complexity index is 359. The summed E-state index contributed by atoms with van der Waals surface area (Å²) in [6, 6.07) is 0.470. The van der Waals surface area contributed by atoms with Gasteiger partial charge in [-0.1, -0.05) is 6.92 Å². The van der Waals surface area contributed by atoms with E-state index in [1.165, 1.54) is 6.42 Å². The van der Waals surface area contributed by atoms with Gasteiger partial charge in [0.25, 0.3) is 0 Å². The number of nitrogens with one attached hydrogen (secondary N) is 1. The number of aliphatic hydroxyl groups excluding tert-OH is 1. The van der Waals surface area contributed by atoms with E-state index < -0.39 is 0 Å². The summed E-state index contributed by atoms with van der Waals surface area (Å²) >= 11 is 0. The predicted molar refractivity (Wildman–Crippen MR) is 68.0 cm³/mol. The highest BCUT2D eigenvalue weighted by atomic mass is 16.3. The van der Waals surface area contributed by atoms with Crippen LogP contribution in [0.2, 0.25) is 0 Å². The fourth-order valence-corrected chi connectivity index (χ4v) is 3.08. The van der Waals surface area contributed by atoms with Gasteiger partial charge in [0.05, 0.1) is 6.61 Å². The number of aromatic nitrogens is 2. The molecule has 1 aromatic rings. The van der Waals surface area contributed by atoms with Gasteiger partial charge in [-0.25, -0.2) is 4.98 Å². The van der Waals surface area contributed by atoms with Crippen molar-refractivity contribution in [3.05, 3.63) is 18.2 Å². The van der Waals surface area contributed by atoms with Gasteiger partial charge in [0.1, 0.15) is 5.82 Å². The summed E-state index contributed by atoms with van der Waals surface area (Å²) in [5.74, 6) is 1.07. The highest BCUT2D eigenvalue weighted by Gasteiger charge is 2.35. The summed E-state index contributed by atoms with van der Waals surface area (Å²) in [5, 5.41) is 13.1. The molecule has 2 N–H and O–H groups in total. The summed E-state index contributed by atoms with van der Waals surface area (Å²) in [6.45, 7) is 5.28. The minimum absolute atomic E-state index is 0.0889. The monoisotopic (exact) mass is 237 g/mol. The van der Waals surface area contributed by atoms with Crippen molar-refractivity contribution in [2.45, 2.75) is 51.1 Å². The average Bonchev–Trinajstić information content (AvgIpc) is 2.76. The van der Waals surface area contributed by atoms with Crippen LogP contribution < -0.4 is 5.32 Å². The lowest BCUT2D eigenvalue weighted by Crippen LogP contribution is -2.51. The molecule has 2 unspecified atom stereocenters. The Labute approximate surface area is 103 Å². The van der Waals surface area contributed by atoms with Crippen molar-refractivity contribution in [2.75, 3.05) is 13.2 Å². The number of likely N-dealkylation sites (N-methyl/N-ethyl adjacent to an activating group) is 1. The normalized spacial score (nSPS) is 29.5. The summed E-state index contributed by atoms with van der Waals surface area (Å²) < 4.78 is 2.25. The Morgan fingerprint density at radius 2 is 2.47 bits per heavy atom. The zero-order valence-corrected chi connectivity index (χ0v) is 10.8. The van der Waals surface area contributed by atoms with Crippen LogP contribution in [0.3, 0.4) is 0 Å². The fraction of sp³-hybridized carbons (Fsp3) is 0.769. The maximum Gasteiger partial charge on any atom is 0.105 e. The maximum atomic E-state index is 9.67. The third-order valence-corrected chi connectivity index (χ3v) is 3.93. The molecule has 1 saturated carbocycles. The Morgan fingerprint density at radius 3 is 3.06 bits per heavy atom. The number of aryl methyl sites for hydroxylation is 1. The molecule has 1 heterocycles. The van der Waals surface area contributed by atoms with Crippen molar-refractivity contribution in [3.8, 4) is 0 Å². The van der Waals surface area contributed by atoms with Crippen LogP contribution in [-0.4, -0.2) is 33.3 Å². The molecule has 17 heavy (non-hydrogen) atoms. The van der Waals surface area contributed by atoms with Crippen molar-refractivity contribution in [1.82, 2.24) is 14.9 Å². The fourth-order valence-electron chi connectivity index (χ4n) is 3.08. The molecular formula is C13H23N3O. The van der Waals surface area contributed by atoms with Gasteiger partial charge in [-0.3, -0.25) is 0 Å². The van der Waals surface area contributed by atoms with Gasteiger partial charge >= 0.3 is 0 Å². The van der Waals surface area contributed by atoms with E-state index in [1.807, 2.05) is 13.1 Å². The number of rotatable bonds is 4. The minimum Gasteiger partial charge on any atom is -0.394 e. The van der Waals surface area contributed by atoms with Gasteiger partial charge in [0.2, 0.25) is 0 Å². The maximum absolute atomic E-state index is 9.67. The third-order valence-electron chi connectivity index (χ3n) is 3.93. The first-order chi connectivity index (χ1) is 8.21. The molecule has 1 fully saturated rings. The topological polar surface area (TPSA) is 50.1 Å². The van der Waals surface area contributed by atoms with E-state index in [1.54, 1.807) is 0 Å². The zero-order valence-electron chi connectivity index (χ0n) is 10.8. The second-order valence-corrected chi connectivity index (χ2v) is 5.10. The molecule has 0 aromatic carbocycles. The molecule has 0 spiro atoms. The molecule has 1 aliphatic carbocycles. The van der Waals surface area contributed by atoms with E-state index in [0.717, 1.165) is 31.6 Å². The lowest BCUT2D eigenvalue weighted by atomic mass is 9.79. The van der Waals surface area contributed by atoms with Crippen LogP contribution in [0.4, 0.5) is 0 Å². The third kappa shape index (κ3) is 2.53. The van der Waals surface area contributed by atoms with Gasteiger partial charge in [0.15, 0.2) is 0 Å². The second kappa shape index (κ2) is 5.19. The summed E-state index contributed by atoms with van der Waals surface area (Å²) in [5.41, 5.74) is -0.0889. The molecule has 0 radical (unpaired) electrons. The lowest BCUT2D eigenvalue weighted by Gasteiger charge is -2.41. The standard InChI is InChI=1S/C13H23N3O/c1-3-15-13(10-17)6-4-5-12(9-13)16-8-7-14-11(16)2/h7-8,12,15,17H,3-6,9-10H2,1-2H3. The smallest absolute Gasteiger partial charge is 0.105 e. The number of nitrogens with zero attached hydrogens (tertiary/aromatic N) is 2. The van der Waals surface area contributed by atoms with E-state index in [4.69, 9.17) is 0 Å². The number of hydrogen-bond acceptors (Lipinski definition) is 3. The number of hydrogen-bond donors (Lipinski definition) is 2. The first-order valence-corrected chi connectivity index (χ1v) is 6.56. The molecule has 1 aromatic heterocycles. The highest BCUT2D eigenvalue weighted by molar-refractivity contribution is 4.99.